The monoisotopic (exact) mass is 486 g/mol. The summed E-state index contributed by atoms with van der Waals surface area (Å²) in [5, 5.41) is 3.56. The van der Waals surface area contributed by atoms with Gasteiger partial charge in [-0.25, -0.2) is 0 Å². The first kappa shape index (κ1) is 22.5. The number of amides is 2. The fourth-order valence-corrected chi connectivity index (χ4v) is 3.08. The summed E-state index contributed by atoms with van der Waals surface area (Å²) in [7, 11) is 0. The van der Waals surface area contributed by atoms with Crippen LogP contribution in [0.15, 0.2) is 46.9 Å². The highest BCUT2D eigenvalue weighted by Gasteiger charge is 2.26. The van der Waals surface area contributed by atoms with E-state index in [0.717, 1.165) is 10.0 Å². The Kier molecular flexibility index (Phi) is 8.60. The van der Waals surface area contributed by atoms with Crippen LogP contribution in [0, 0.1) is 0 Å². The van der Waals surface area contributed by atoms with E-state index in [4.69, 9.17) is 27.9 Å². The number of hydrogen-bond acceptors (Lipinski definition) is 3. The number of carbonyl (C=O) groups excluding carboxylic acids is 2. The number of carbonyl (C=O) groups is 2. The van der Waals surface area contributed by atoms with E-state index in [1.807, 2.05) is 19.1 Å². The first-order valence-corrected chi connectivity index (χ1v) is 10.3. The van der Waals surface area contributed by atoms with Crippen LogP contribution in [-0.4, -0.2) is 35.9 Å². The molecule has 0 aliphatic heterocycles. The normalized spacial score (nSPS) is 11.6. The van der Waals surface area contributed by atoms with Gasteiger partial charge in [-0.2, -0.15) is 0 Å². The van der Waals surface area contributed by atoms with E-state index in [0.29, 0.717) is 22.3 Å². The van der Waals surface area contributed by atoms with Crippen molar-refractivity contribution >= 4 is 50.9 Å². The van der Waals surface area contributed by atoms with Gasteiger partial charge in [-0.05, 0) is 55.8 Å². The van der Waals surface area contributed by atoms with Crippen LogP contribution in [0.1, 0.15) is 19.4 Å². The molecule has 8 heteroatoms. The van der Waals surface area contributed by atoms with Gasteiger partial charge in [-0.3, -0.25) is 9.59 Å². The zero-order valence-electron chi connectivity index (χ0n) is 15.5. The predicted octanol–water partition coefficient (Wildman–Crippen LogP) is 4.69. The van der Waals surface area contributed by atoms with Gasteiger partial charge < -0.3 is 15.0 Å². The molecule has 0 spiro atoms. The minimum absolute atomic E-state index is 0.188. The SMILES string of the molecule is CCNC(=O)C(C)N(Cc1ccc(Cl)c(Cl)c1)C(=O)COc1ccc(Br)cc1. The van der Waals surface area contributed by atoms with Crippen molar-refractivity contribution in [2.24, 2.45) is 0 Å². The average Bonchev–Trinajstić information content (AvgIpc) is 2.67. The molecule has 5 nitrogen and oxygen atoms in total. The molecule has 0 radical (unpaired) electrons. The van der Waals surface area contributed by atoms with Crippen molar-refractivity contribution in [3.8, 4) is 5.75 Å². The van der Waals surface area contributed by atoms with Crippen LogP contribution in [0.2, 0.25) is 10.0 Å². The number of hydrogen-bond donors (Lipinski definition) is 1. The molecule has 2 amide bonds. The number of nitrogens with zero attached hydrogens (tertiary/aromatic N) is 1. The molecule has 0 heterocycles. The number of likely N-dealkylation sites (N-methyl/N-ethyl adjacent to an activating group) is 1. The molecule has 28 heavy (non-hydrogen) atoms. The lowest BCUT2D eigenvalue weighted by molar-refractivity contribution is -0.142. The minimum Gasteiger partial charge on any atom is -0.484 e. The maximum Gasteiger partial charge on any atom is 0.261 e. The first-order valence-electron chi connectivity index (χ1n) is 8.71. The molecule has 0 bridgehead atoms. The molecule has 0 aliphatic rings. The van der Waals surface area contributed by atoms with Crippen molar-refractivity contribution in [3.63, 3.8) is 0 Å². The summed E-state index contributed by atoms with van der Waals surface area (Å²) in [6, 6.07) is 11.6. The molecule has 1 unspecified atom stereocenters. The zero-order valence-corrected chi connectivity index (χ0v) is 18.6. The second-order valence-electron chi connectivity index (χ2n) is 6.08. The lowest BCUT2D eigenvalue weighted by Crippen LogP contribution is -2.49. The molecule has 1 atom stereocenters. The Balaban J connectivity index is 2.15. The highest BCUT2D eigenvalue weighted by molar-refractivity contribution is 9.10. The van der Waals surface area contributed by atoms with Crippen LogP contribution < -0.4 is 10.1 Å². The summed E-state index contributed by atoms with van der Waals surface area (Å²) >= 11 is 15.4. The van der Waals surface area contributed by atoms with Crippen molar-refractivity contribution in [2.75, 3.05) is 13.2 Å². The first-order chi connectivity index (χ1) is 13.3. The molecule has 0 aliphatic carbocycles. The van der Waals surface area contributed by atoms with Crippen molar-refractivity contribution in [3.05, 3.63) is 62.5 Å². The smallest absolute Gasteiger partial charge is 0.261 e. The summed E-state index contributed by atoms with van der Waals surface area (Å²) in [6.07, 6.45) is 0. The molecular formula is C20H21BrCl2N2O3. The van der Waals surface area contributed by atoms with Crippen LogP contribution in [0.25, 0.3) is 0 Å². The average molecular weight is 488 g/mol. The fourth-order valence-electron chi connectivity index (χ4n) is 2.50. The quantitative estimate of drug-likeness (QED) is 0.587. The van der Waals surface area contributed by atoms with Crippen LogP contribution in [0.4, 0.5) is 0 Å². The van der Waals surface area contributed by atoms with Gasteiger partial charge in [0.25, 0.3) is 5.91 Å². The number of rotatable bonds is 8. The van der Waals surface area contributed by atoms with Crippen molar-refractivity contribution in [1.82, 2.24) is 10.2 Å². The van der Waals surface area contributed by atoms with Crippen molar-refractivity contribution < 1.29 is 14.3 Å². The van der Waals surface area contributed by atoms with Crippen molar-refractivity contribution in [1.29, 1.82) is 0 Å². The molecule has 0 saturated heterocycles. The summed E-state index contributed by atoms with van der Waals surface area (Å²) in [4.78, 5) is 26.6. The van der Waals surface area contributed by atoms with E-state index in [1.165, 1.54) is 4.90 Å². The lowest BCUT2D eigenvalue weighted by Gasteiger charge is -2.28. The van der Waals surface area contributed by atoms with Crippen LogP contribution in [0.3, 0.4) is 0 Å². The standard InChI is InChI=1S/C20H21BrCl2N2O3/c1-3-24-20(27)13(2)25(11-14-4-9-17(22)18(23)10-14)19(26)12-28-16-7-5-15(21)6-8-16/h4-10,13H,3,11-12H2,1-2H3,(H,24,27). The lowest BCUT2D eigenvalue weighted by atomic mass is 10.1. The van der Waals surface area contributed by atoms with Gasteiger partial charge in [0.2, 0.25) is 5.91 Å². The third-order valence-electron chi connectivity index (χ3n) is 4.03. The molecule has 150 valence electrons. The summed E-state index contributed by atoms with van der Waals surface area (Å²) in [6.45, 7) is 4.00. The van der Waals surface area contributed by atoms with Crippen LogP contribution >= 0.6 is 39.1 Å². The van der Waals surface area contributed by atoms with E-state index >= 15 is 0 Å². The van der Waals surface area contributed by atoms with E-state index in [2.05, 4.69) is 21.2 Å². The van der Waals surface area contributed by atoms with Gasteiger partial charge in [-0.1, -0.05) is 45.2 Å². The molecule has 0 aromatic heterocycles. The Hall–Kier alpha value is -1.76. The van der Waals surface area contributed by atoms with Crippen LogP contribution in [0.5, 0.6) is 5.75 Å². The third-order valence-corrected chi connectivity index (χ3v) is 5.30. The number of halogens is 3. The Morgan fingerprint density at radius 1 is 1.14 bits per heavy atom. The highest BCUT2D eigenvalue weighted by Crippen LogP contribution is 2.24. The Morgan fingerprint density at radius 2 is 1.82 bits per heavy atom. The summed E-state index contributed by atoms with van der Waals surface area (Å²) in [5.41, 5.74) is 0.766. The van der Waals surface area contributed by atoms with E-state index < -0.39 is 6.04 Å². The van der Waals surface area contributed by atoms with Crippen LogP contribution in [-0.2, 0) is 16.1 Å². The predicted molar refractivity (Wildman–Crippen MR) is 115 cm³/mol. The van der Waals surface area contributed by atoms with Gasteiger partial charge in [0, 0.05) is 17.6 Å². The second kappa shape index (κ2) is 10.7. The molecular weight excluding hydrogens is 467 g/mol. The topological polar surface area (TPSA) is 58.6 Å². The molecule has 0 fully saturated rings. The third kappa shape index (κ3) is 6.40. The van der Waals surface area contributed by atoms with Gasteiger partial charge in [-0.15, -0.1) is 0 Å². The summed E-state index contributed by atoms with van der Waals surface area (Å²) in [5.74, 6) is 0.0176. The van der Waals surface area contributed by atoms with Gasteiger partial charge in [0.15, 0.2) is 6.61 Å². The molecule has 0 saturated carbocycles. The largest absolute Gasteiger partial charge is 0.484 e. The maximum absolute atomic E-state index is 12.8. The number of nitrogens with one attached hydrogen (secondary N) is 1. The van der Waals surface area contributed by atoms with E-state index in [9.17, 15) is 9.59 Å². The second-order valence-corrected chi connectivity index (χ2v) is 7.81. The molecule has 2 rings (SSSR count). The fraction of sp³-hybridized carbons (Fsp3) is 0.300. The number of benzene rings is 2. The van der Waals surface area contributed by atoms with E-state index in [1.54, 1.807) is 37.3 Å². The zero-order chi connectivity index (χ0) is 20.7. The van der Waals surface area contributed by atoms with E-state index in [-0.39, 0.29) is 25.0 Å². The molecule has 2 aromatic rings. The van der Waals surface area contributed by atoms with Gasteiger partial charge in [0.1, 0.15) is 11.8 Å². The van der Waals surface area contributed by atoms with Gasteiger partial charge >= 0.3 is 0 Å². The van der Waals surface area contributed by atoms with Gasteiger partial charge in [0.05, 0.1) is 10.0 Å². The Bertz CT molecular complexity index is 831. The highest BCUT2D eigenvalue weighted by atomic mass is 79.9. The van der Waals surface area contributed by atoms with Crippen molar-refractivity contribution in [2.45, 2.75) is 26.4 Å². The maximum atomic E-state index is 12.8. The molecule has 2 aromatic carbocycles. The Morgan fingerprint density at radius 3 is 2.43 bits per heavy atom. The Labute approximate surface area is 183 Å². The molecule has 1 N–H and O–H groups in total. The minimum atomic E-state index is -0.671. The number of ether oxygens (including phenoxy) is 1. The summed E-state index contributed by atoms with van der Waals surface area (Å²) < 4.78 is 6.50.